The van der Waals surface area contributed by atoms with Crippen molar-refractivity contribution in [3.05, 3.63) is 31.7 Å². The molecule has 0 amide bonds. The Morgan fingerprint density at radius 1 is 1.00 bits per heavy atom. The first kappa shape index (κ1) is 33.5. The molecule has 0 bridgehead atoms. The third-order valence-electron chi connectivity index (χ3n) is 3.82. The molecule has 10 heteroatoms. The van der Waals surface area contributed by atoms with Crippen molar-refractivity contribution in [3.8, 4) is 0 Å². The molecule has 1 N–H and O–H groups in total. The number of hydrogen-bond acceptors (Lipinski definition) is 8. The summed E-state index contributed by atoms with van der Waals surface area (Å²) in [4.78, 5) is 33.2. The minimum absolute atomic E-state index is 0. The normalized spacial score (nSPS) is 28.8. The van der Waals surface area contributed by atoms with E-state index >= 15 is 0 Å². The van der Waals surface area contributed by atoms with E-state index in [-0.39, 0.29) is 74.9 Å². The third-order valence-corrected chi connectivity index (χ3v) is 3.82. The van der Waals surface area contributed by atoms with Crippen molar-refractivity contribution in [1.29, 1.82) is 0 Å². The molecule has 2 heterocycles. The van der Waals surface area contributed by atoms with Crippen LogP contribution in [0.5, 0.6) is 0 Å². The fraction of sp³-hybridized carbons (Fsp3) is 0.600. The average molecular weight is 459 g/mol. The Bertz CT molecular complexity index is 663. The smallest absolute Gasteiger partial charge is 1.00 e. The molecule has 2 fully saturated rings. The van der Waals surface area contributed by atoms with Crippen LogP contribution in [0.3, 0.4) is 0 Å². The van der Waals surface area contributed by atoms with Gasteiger partial charge < -0.3 is 43.9 Å². The van der Waals surface area contributed by atoms with Crippen LogP contribution in [0.4, 0.5) is 0 Å². The number of rotatable bonds is 4. The first-order valence-electron chi connectivity index (χ1n) is 8.47. The van der Waals surface area contributed by atoms with Gasteiger partial charge in [-0.15, -0.1) is 0 Å². The number of carbonyl (C=O) groups is 3. The summed E-state index contributed by atoms with van der Waals surface area (Å²) in [5, 5.41) is 9.55. The molecule has 2 saturated heterocycles. The number of carbonyl (C=O) groups excluding carboxylic acids is 3. The molecule has 0 spiro atoms. The van der Waals surface area contributed by atoms with Crippen molar-refractivity contribution in [1.82, 2.24) is 0 Å². The van der Waals surface area contributed by atoms with Gasteiger partial charge in [0.2, 0.25) is 0 Å². The zero-order valence-electron chi connectivity index (χ0n) is 18.6. The molecule has 2 aliphatic rings. The van der Waals surface area contributed by atoms with E-state index in [1.807, 2.05) is 0 Å². The number of ether oxygens (including phenoxy) is 4. The molecule has 30 heavy (non-hydrogen) atoms. The van der Waals surface area contributed by atoms with Crippen LogP contribution in [-0.2, 0) is 33.3 Å². The van der Waals surface area contributed by atoms with Crippen LogP contribution < -0.4 is 12.4 Å². The van der Waals surface area contributed by atoms with Gasteiger partial charge >= 0.3 is 41.0 Å². The van der Waals surface area contributed by atoms with Gasteiger partial charge in [0, 0.05) is 17.6 Å². The second kappa shape index (κ2) is 12.7. The quantitative estimate of drug-likeness (QED) is 0.185. The molecule has 0 aromatic heterocycles. The maximum absolute atomic E-state index is 11.3. The SMILES string of the molecule is C=C(C)C(=O)OC1(C)COC(=O)C1.C=C(C)C(=O)OC1(C)COC(C)(O)C1.[CH3-].[Cl-].[Mg+2]. The number of aliphatic hydroxyl groups is 1. The fourth-order valence-corrected chi connectivity index (χ4v) is 2.50. The van der Waals surface area contributed by atoms with Crippen molar-refractivity contribution in [2.45, 2.75) is 64.4 Å². The molecular weight excluding hydrogens is 428 g/mol. The van der Waals surface area contributed by atoms with E-state index in [2.05, 4.69) is 13.2 Å². The van der Waals surface area contributed by atoms with Crippen molar-refractivity contribution in [2.24, 2.45) is 0 Å². The van der Waals surface area contributed by atoms with E-state index < -0.39 is 28.9 Å². The van der Waals surface area contributed by atoms with E-state index in [0.717, 1.165) is 0 Å². The van der Waals surface area contributed by atoms with Crippen molar-refractivity contribution >= 4 is 41.0 Å². The average Bonchev–Trinajstić information content (AvgIpc) is 2.97. The fourth-order valence-electron chi connectivity index (χ4n) is 2.50. The number of esters is 3. The zero-order valence-corrected chi connectivity index (χ0v) is 20.8. The second-order valence-corrected chi connectivity index (χ2v) is 7.72. The summed E-state index contributed by atoms with van der Waals surface area (Å²) in [6.45, 7) is 15.4. The Balaban J connectivity index is -0.000000443. The van der Waals surface area contributed by atoms with Gasteiger partial charge in [-0.05, 0) is 34.6 Å². The summed E-state index contributed by atoms with van der Waals surface area (Å²) in [6.07, 6.45) is 0.394. The Labute approximate surface area is 200 Å². The first-order valence-corrected chi connectivity index (χ1v) is 8.47. The maximum atomic E-state index is 11.3. The summed E-state index contributed by atoms with van der Waals surface area (Å²) in [6, 6.07) is 0. The molecule has 3 unspecified atom stereocenters. The standard InChI is InChI=1S/C10H16O4.C9H12O4.CH3.ClH.Mg/c1-7(2)8(11)14-9(3)5-10(4,12)13-6-9;1-6(2)8(11)13-9(3)4-7(10)12-5-9;;;/h12H,1,5-6H2,2-4H3;1,4-5H2,2-3H3;1H3;1H;/q;;-1;;+2/p-1. The van der Waals surface area contributed by atoms with Gasteiger partial charge in [-0.2, -0.15) is 0 Å². The van der Waals surface area contributed by atoms with E-state index in [1.165, 1.54) is 0 Å². The Morgan fingerprint density at radius 3 is 1.73 bits per heavy atom. The van der Waals surface area contributed by atoms with Gasteiger partial charge in [-0.1, -0.05) is 13.2 Å². The summed E-state index contributed by atoms with van der Waals surface area (Å²) in [5.41, 5.74) is -0.898. The largest absolute Gasteiger partial charge is 2.00 e. The molecule has 2 aliphatic heterocycles. The van der Waals surface area contributed by atoms with E-state index in [0.29, 0.717) is 11.1 Å². The van der Waals surface area contributed by atoms with Crippen LogP contribution in [-0.4, -0.2) is 76.3 Å². The van der Waals surface area contributed by atoms with Crippen molar-refractivity contribution < 1.29 is 50.8 Å². The van der Waals surface area contributed by atoms with E-state index in [1.54, 1.807) is 34.6 Å². The van der Waals surface area contributed by atoms with Crippen LogP contribution in [0.25, 0.3) is 0 Å². The summed E-state index contributed by atoms with van der Waals surface area (Å²) >= 11 is 0. The Hall–Kier alpha value is -1.13. The minimum Gasteiger partial charge on any atom is -1.00 e. The number of halogens is 1. The summed E-state index contributed by atoms with van der Waals surface area (Å²) in [7, 11) is 0. The molecule has 168 valence electrons. The van der Waals surface area contributed by atoms with Gasteiger partial charge in [-0.3, -0.25) is 4.79 Å². The van der Waals surface area contributed by atoms with Crippen molar-refractivity contribution in [2.75, 3.05) is 13.2 Å². The summed E-state index contributed by atoms with van der Waals surface area (Å²) in [5.74, 6) is -2.48. The number of cyclic esters (lactones) is 1. The van der Waals surface area contributed by atoms with Crippen LogP contribution in [0.2, 0.25) is 0 Å². The molecular formula is C20H31ClMgO8. The van der Waals surface area contributed by atoms with Crippen LogP contribution >= 0.6 is 0 Å². The maximum Gasteiger partial charge on any atom is 2.00 e. The number of hydrogen-bond donors (Lipinski definition) is 1. The van der Waals surface area contributed by atoms with Gasteiger partial charge in [0.1, 0.15) is 12.2 Å². The monoisotopic (exact) mass is 458 g/mol. The minimum atomic E-state index is -1.20. The third kappa shape index (κ3) is 10.8. The summed E-state index contributed by atoms with van der Waals surface area (Å²) < 4.78 is 20.0. The van der Waals surface area contributed by atoms with Gasteiger partial charge in [0.05, 0.1) is 13.0 Å². The van der Waals surface area contributed by atoms with Crippen LogP contribution in [0, 0.1) is 7.43 Å². The Morgan fingerprint density at radius 2 is 1.43 bits per heavy atom. The molecule has 3 atom stereocenters. The zero-order chi connectivity index (χ0) is 21.0. The molecule has 0 radical (unpaired) electrons. The predicted molar refractivity (Wildman–Crippen MR) is 108 cm³/mol. The van der Waals surface area contributed by atoms with Crippen LogP contribution in [0.1, 0.15) is 47.5 Å². The van der Waals surface area contributed by atoms with Crippen molar-refractivity contribution in [3.63, 3.8) is 0 Å². The molecule has 0 saturated carbocycles. The molecule has 0 aromatic carbocycles. The molecule has 0 aliphatic carbocycles. The van der Waals surface area contributed by atoms with Gasteiger partial charge in [0.25, 0.3) is 0 Å². The molecule has 2 rings (SSSR count). The van der Waals surface area contributed by atoms with Crippen LogP contribution in [0.15, 0.2) is 24.3 Å². The van der Waals surface area contributed by atoms with E-state index in [4.69, 9.17) is 18.9 Å². The second-order valence-electron chi connectivity index (χ2n) is 7.72. The Kier molecular flexibility index (Phi) is 14.1. The molecule has 0 aromatic rings. The van der Waals surface area contributed by atoms with Gasteiger partial charge in [0.15, 0.2) is 11.4 Å². The molecule has 8 nitrogen and oxygen atoms in total. The topological polar surface area (TPSA) is 108 Å². The van der Waals surface area contributed by atoms with E-state index in [9.17, 15) is 19.5 Å². The predicted octanol–water partition coefficient (Wildman–Crippen LogP) is -1.12. The first-order chi connectivity index (χ1) is 12.2. The van der Waals surface area contributed by atoms with Gasteiger partial charge in [-0.25, -0.2) is 9.59 Å².